The van der Waals surface area contributed by atoms with Crippen molar-refractivity contribution in [3.8, 4) is 0 Å². The molecular formula is C14H20BrNO2S. The second-order valence-corrected chi connectivity index (χ2v) is 7.95. The summed E-state index contributed by atoms with van der Waals surface area (Å²) in [6, 6.07) is 5.39. The van der Waals surface area contributed by atoms with Gasteiger partial charge in [0.05, 0.1) is 4.90 Å². The standard InChI is InChI=1S/C14H20BrNO2S/c1-3-16(10-12-5-4-6-12)19(17,18)14-8-7-11(2)9-13(14)15/h7-9,12H,3-6,10H2,1-2H3. The van der Waals surface area contributed by atoms with Gasteiger partial charge in [0.1, 0.15) is 0 Å². The molecule has 1 fully saturated rings. The minimum absolute atomic E-state index is 0.374. The lowest BCUT2D eigenvalue weighted by Gasteiger charge is -2.31. The average molecular weight is 346 g/mol. The van der Waals surface area contributed by atoms with Gasteiger partial charge in [0.15, 0.2) is 0 Å². The highest BCUT2D eigenvalue weighted by Crippen LogP contribution is 2.31. The molecular weight excluding hydrogens is 326 g/mol. The number of hydrogen-bond acceptors (Lipinski definition) is 2. The molecule has 0 spiro atoms. The molecule has 0 heterocycles. The Bertz CT molecular complexity index is 553. The molecule has 0 radical (unpaired) electrons. The highest BCUT2D eigenvalue weighted by Gasteiger charge is 2.29. The fourth-order valence-electron chi connectivity index (χ4n) is 2.31. The van der Waals surface area contributed by atoms with E-state index in [2.05, 4.69) is 15.9 Å². The number of nitrogens with zero attached hydrogens (tertiary/aromatic N) is 1. The van der Waals surface area contributed by atoms with E-state index in [1.807, 2.05) is 26.0 Å². The SMILES string of the molecule is CCN(CC1CCC1)S(=O)(=O)c1ccc(C)cc1Br. The van der Waals surface area contributed by atoms with Crippen molar-refractivity contribution < 1.29 is 8.42 Å². The van der Waals surface area contributed by atoms with Crippen LogP contribution in [-0.2, 0) is 10.0 Å². The summed E-state index contributed by atoms with van der Waals surface area (Å²) in [4.78, 5) is 0.374. The topological polar surface area (TPSA) is 37.4 Å². The van der Waals surface area contributed by atoms with Crippen LogP contribution >= 0.6 is 15.9 Å². The smallest absolute Gasteiger partial charge is 0.207 e. The van der Waals surface area contributed by atoms with Crippen molar-refractivity contribution in [3.05, 3.63) is 28.2 Å². The second-order valence-electron chi connectivity index (χ2n) is 5.19. The highest BCUT2D eigenvalue weighted by atomic mass is 79.9. The van der Waals surface area contributed by atoms with Crippen LogP contribution in [0, 0.1) is 12.8 Å². The predicted octanol–water partition coefficient (Wildman–Crippen LogP) is 3.57. The minimum atomic E-state index is -3.38. The Morgan fingerprint density at radius 2 is 2.05 bits per heavy atom. The van der Waals surface area contributed by atoms with Crippen LogP contribution in [0.25, 0.3) is 0 Å². The molecule has 106 valence electrons. The van der Waals surface area contributed by atoms with Crippen LogP contribution in [0.1, 0.15) is 31.7 Å². The summed E-state index contributed by atoms with van der Waals surface area (Å²) in [5, 5.41) is 0. The van der Waals surface area contributed by atoms with Crippen molar-refractivity contribution in [3.63, 3.8) is 0 Å². The van der Waals surface area contributed by atoms with Crippen molar-refractivity contribution in [1.82, 2.24) is 4.31 Å². The van der Waals surface area contributed by atoms with Crippen LogP contribution in [0.15, 0.2) is 27.6 Å². The summed E-state index contributed by atoms with van der Waals surface area (Å²) in [7, 11) is -3.38. The molecule has 0 bridgehead atoms. The molecule has 0 unspecified atom stereocenters. The van der Waals surface area contributed by atoms with Gasteiger partial charge in [-0.15, -0.1) is 0 Å². The molecule has 0 N–H and O–H groups in total. The van der Waals surface area contributed by atoms with E-state index in [1.165, 1.54) is 6.42 Å². The maximum absolute atomic E-state index is 12.7. The first-order valence-corrected chi connectivity index (χ1v) is 8.94. The third-order valence-corrected chi connectivity index (χ3v) is 6.66. The van der Waals surface area contributed by atoms with Gasteiger partial charge in [0.25, 0.3) is 0 Å². The molecule has 3 nitrogen and oxygen atoms in total. The van der Waals surface area contributed by atoms with Gasteiger partial charge in [-0.25, -0.2) is 8.42 Å². The molecule has 0 atom stereocenters. The Labute approximate surface area is 124 Å². The first kappa shape index (κ1) is 15.0. The van der Waals surface area contributed by atoms with Crippen molar-refractivity contribution in [2.75, 3.05) is 13.1 Å². The monoisotopic (exact) mass is 345 g/mol. The molecule has 1 aliphatic rings. The number of rotatable bonds is 5. The third-order valence-electron chi connectivity index (χ3n) is 3.74. The summed E-state index contributed by atoms with van der Waals surface area (Å²) in [6.45, 7) is 5.03. The molecule has 1 saturated carbocycles. The van der Waals surface area contributed by atoms with Crippen molar-refractivity contribution >= 4 is 26.0 Å². The van der Waals surface area contributed by atoms with E-state index in [9.17, 15) is 8.42 Å². The molecule has 5 heteroatoms. The van der Waals surface area contributed by atoms with Crippen LogP contribution in [0.3, 0.4) is 0 Å². The molecule has 0 aliphatic heterocycles. The highest BCUT2D eigenvalue weighted by molar-refractivity contribution is 9.10. The van der Waals surface area contributed by atoms with Crippen LogP contribution < -0.4 is 0 Å². The number of halogens is 1. The summed E-state index contributed by atoms with van der Waals surface area (Å²) < 4.78 is 27.6. The van der Waals surface area contributed by atoms with E-state index < -0.39 is 10.0 Å². The first-order valence-electron chi connectivity index (χ1n) is 6.71. The molecule has 1 aromatic carbocycles. The van der Waals surface area contributed by atoms with Gasteiger partial charge in [0, 0.05) is 17.6 Å². The number of sulfonamides is 1. The van der Waals surface area contributed by atoms with E-state index in [0.29, 0.717) is 28.4 Å². The summed E-state index contributed by atoms with van der Waals surface area (Å²) >= 11 is 3.37. The molecule has 19 heavy (non-hydrogen) atoms. The summed E-state index contributed by atoms with van der Waals surface area (Å²) in [5.74, 6) is 0.541. The third kappa shape index (κ3) is 3.20. The van der Waals surface area contributed by atoms with Crippen LogP contribution in [-0.4, -0.2) is 25.8 Å². The second kappa shape index (κ2) is 5.94. The van der Waals surface area contributed by atoms with Crippen LogP contribution in [0.2, 0.25) is 0 Å². The Morgan fingerprint density at radius 1 is 1.37 bits per heavy atom. The fraction of sp³-hybridized carbons (Fsp3) is 0.571. The number of hydrogen-bond donors (Lipinski definition) is 0. The largest absolute Gasteiger partial charge is 0.244 e. The van der Waals surface area contributed by atoms with E-state index in [1.54, 1.807) is 10.4 Å². The molecule has 0 aromatic heterocycles. The van der Waals surface area contributed by atoms with E-state index in [-0.39, 0.29) is 0 Å². The molecule has 0 amide bonds. The average Bonchev–Trinajstić information content (AvgIpc) is 2.26. The Hall–Kier alpha value is -0.390. The predicted molar refractivity (Wildman–Crippen MR) is 80.7 cm³/mol. The minimum Gasteiger partial charge on any atom is -0.207 e. The van der Waals surface area contributed by atoms with Crippen molar-refractivity contribution in [2.45, 2.75) is 38.0 Å². The lowest BCUT2D eigenvalue weighted by Crippen LogP contribution is -2.37. The Morgan fingerprint density at radius 3 is 2.53 bits per heavy atom. The number of aryl methyl sites for hydroxylation is 1. The maximum Gasteiger partial charge on any atom is 0.244 e. The van der Waals surface area contributed by atoms with Gasteiger partial charge in [-0.2, -0.15) is 4.31 Å². The molecule has 2 rings (SSSR count). The Balaban J connectivity index is 2.27. The first-order chi connectivity index (χ1) is 8.95. The number of benzene rings is 1. The summed E-state index contributed by atoms with van der Waals surface area (Å²) in [6.07, 6.45) is 3.54. The lowest BCUT2D eigenvalue weighted by molar-refractivity contribution is 0.250. The van der Waals surface area contributed by atoms with Gasteiger partial charge in [-0.1, -0.05) is 19.4 Å². The van der Waals surface area contributed by atoms with Crippen molar-refractivity contribution in [1.29, 1.82) is 0 Å². The van der Waals surface area contributed by atoms with Gasteiger partial charge in [0.2, 0.25) is 10.0 Å². The van der Waals surface area contributed by atoms with Gasteiger partial charge in [-0.05, 0) is 59.3 Å². The van der Waals surface area contributed by atoms with Crippen LogP contribution in [0.4, 0.5) is 0 Å². The normalized spacial score (nSPS) is 16.6. The zero-order chi connectivity index (χ0) is 14.0. The van der Waals surface area contributed by atoms with Gasteiger partial charge >= 0.3 is 0 Å². The van der Waals surface area contributed by atoms with Gasteiger partial charge < -0.3 is 0 Å². The molecule has 0 saturated heterocycles. The molecule has 1 aromatic rings. The summed E-state index contributed by atoms with van der Waals surface area (Å²) in [5.41, 5.74) is 1.05. The Kier molecular flexibility index (Phi) is 4.69. The van der Waals surface area contributed by atoms with E-state index in [4.69, 9.17) is 0 Å². The molecule has 1 aliphatic carbocycles. The van der Waals surface area contributed by atoms with E-state index >= 15 is 0 Å². The van der Waals surface area contributed by atoms with E-state index in [0.717, 1.165) is 18.4 Å². The van der Waals surface area contributed by atoms with Gasteiger partial charge in [-0.3, -0.25) is 0 Å². The lowest BCUT2D eigenvalue weighted by atomic mass is 9.85. The quantitative estimate of drug-likeness (QED) is 0.817. The zero-order valence-electron chi connectivity index (χ0n) is 11.4. The maximum atomic E-state index is 12.7. The fourth-order valence-corrected chi connectivity index (χ4v) is 4.99. The van der Waals surface area contributed by atoms with Crippen molar-refractivity contribution in [2.24, 2.45) is 5.92 Å². The zero-order valence-corrected chi connectivity index (χ0v) is 13.8. The van der Waals surface area contributed by atoms with Crippen LogP contribution in [0.5, 0.6) is 0 Å².